The Labute approximate surface area is 149 Å². The molecule has 2 aromatic rings. The Hall–Kier alpha value is -1.87. The van der Waals surface area contributed by atoms with Crippen molar-refractivity contribution in [1.82, 2.24) is 19.3 Å². The van der Waals surface area contributed by atoms with Crippen LogP contribution in [0.3, 0.4) is 0 Å². The Kier molecular flexibility index (Phi) is 4.63. The number of pyridine rings is 1. The Bertz CT molecular complexity index is 878. The van der Waals surface area contributed by atoms with Gasteiger partial charge in [-0.1, -0.05) is 23.2 Å². The Morgan fingerprint density at radius 2 is 2.08 bits per heavy atom. The van der Waals surface area contributed by atoms with Crippen LogP contribution < -0.4 is 5.69 Å². The molecule has 0 N–H and O–H groups in total. The molecule has 6 nitrogen and oxygen atoms in total. The number of aldehydes is 1. The number of carbonyl (C=O) groups excluding carboxylic acids is 1. The molecule has 0 saturated carbocycles. The van der Waals surface area contributed by atoms with Gasteiger partial charge in [0.15, 0.2) is 0 Å². The predicted molar refractivity (Wildman–Crippen MR) is 82.8 cm³/mol. The third kappa shape index (κ3) is 3.30. The second-order valence-corrected chi connectivity index (χ2v) is 6.47. The summed E-state index contributed by atoms with van der Waals surface area (Å²) in [6.07, 6.45) is -3.47. The van der Waals surface area contributed by atoms with Gasteiger partial charge in [0, 0.05) is 12.6 Å². The summed E-state index contributed by atoms with van der Waals surface area (Å²) >= 11 is 11.7. The summed E-state index contributed by atoms with van der Waals surface area (Å²) in [5, 5.41) is 4.54. The molecule has 3 rings (SSSR count). The summed E-state index contributed by atoms with van der Waals surface area (Å²) in [6, 6.07) is -0.195. The molecular formula is C14H11Cl2F3N4O2. The van der Waals surface area contributed by atoms with Crippen LogP contribution >= 0.6 is 23.2 Å². The molecule has 1 aliphatic rings. The van der Waals surface area contributed by atoms with Crippen molar-refractivity contribution in [2.24, 2.45) is 5.92 Å². The molecule has 0 amide bonds. The maximum Gasteiger partial charge on any atom is 0.394 e. The zero-order valence-electron chi connectivity index (χ0n) is 12.5. The van der Waals surface area contributed by atoms with E-state index in [4.69, 9.17) is 23.2 Å². The quantitative estimate of drug-likeness (QED) is 0.750. The van der Waals surface area contributed by atoms with E-state index in [1.807, 2.05) is 0 Å². The van der Waals surface area contributed by atoms with E-state index in [2.05, 4.69) is 10.1 Å². The van der Waals surface area contributed by atoms with E-state index in [0.717, 1.165) is 9.25 Å². The summed E-state index contributed by atoms with van der Waals surface area (Å²) in [7, 11) is 0. The maximum absolute atomic E-state index is 13.1. The van der Waals surface area contributed by atoms with Gasteiger partial charge >= 0.3 is 11.9 Å². The first kappa shape index (κ1) is 17.9. The average molecular weight is 395 g/mol. The molecule has 0 radical (unpaired) electrons. The minimum Gasteiger partial charge on any atom is -0.301 e. The minimum absolute atomic E-state index is 0.0570. The Balaban J connectivity index is 2.00. The van der Waals surface area contributed by atoms with Crippen LogP contribution in [0, 0.1) is 5.92 Å². The first-order chi connectivity index (χ1) is 11.7. The van der Waals surface area contributed by atoms with Crippen LogP contribution in [0.25, 0.3) is 0 Å². The van der Waals surface area contributed by atoms with E-state index in [1.54, 1.807) is 0 Å². The molecule has 25 heavy (non-hydrogen) atoms. The summed E-state index contributed by atoms with van der Waals surface area (Å²) in [5.74, 6) is -1.78. The normalized spacial score (nSPS) is 20.4. The van der Waals surface area contributed by atoms with E-state index in [1.165, 1.54) is 12.3 Å². The highest BCUT2D eigenvalue weighted by molar-refractivity contribution is 6.34. The zero-order valence-corrected chi connectivity index (χ0v) is 14.0. The van der Waals surface area contributed by atoms with Gasteiger partial charge in [-0.25, -0.2) is 9.48 Å². The third-order valence-electron chi connectivity index (χ3n) is 4.07. The lowest BCUT2D eigenvalue weighted by Gasteiger charge is -2.29. The first-order valence-electron chi connectivity index (χ1n) is 7.22. The summed E-state index contributed by atoms with van der Waals surface area (Å²) in [4.78, 5) is 27.7. The molecule has 0 bridgehead atoms. The summed E-state index contributed by atoms with van der Waals surface area (Å²) in [5.41, 5.74) is -0.521. The number of alkyl halides is 3. The molecule has 2 atom stereocenters. The lowest BCUT2D eigenvalue weighted by atomic mass is 9.91. The van der Waals surface area contributed by atoms with E-state index in [0.29, 0.717) is 10.7 Å². The van der Waals surface area contributed by atoms with Crippen LogP contribution in [-0.4, -0.2) is 31.8 Å². The van der Waals surface area contributed by atoms with Crippen LogP contribution in [0.1, 0.15) is 24.0 Å². The molecule has 2 aromatic heterocycles. The van der Waals surface area contributed by atoms with Crippen molar-refractivity contribution in [2.75, 3.05) is 0 Å². The first-order valence-corrected chi connectivity index (χ1v) is 7.98. The number of aryl methyl sites for hydroxylation is 1. The predicted octanol–water partition coefficient (Wildman–Crippen LogP) is 2.66. The third-order valence-corrected chi connectivity index (χ3v) is 4.61. The fourth-order valence-electron chi connectivity index (χ4n) is 2.89. The monoisotopic (exact) mass is 394 g/mol. The Morgan fingerprint density at radius 1 is 1.36 bits per heavy atom. The summed E-state index contributed by atoms with van der Waals surface area (Å²) < 4.78 is 41.1. The van der Waals surface area contributed by atoms with Crippen molar-refractivity contribution in [1.29, 1.82) is 0 Å². The number of carbonyl (C=O) groups is 1. The number of hydrogen-bond donors (Lipinski definition) is 0. The molecule has 11 heteroatoms. The number of fused-ring (bicyclic) bond motifs is 1. The smallest absolute Gasteiger partial charge is 0.301 e. The summed E-state index contributed by atoms with van der Waals surface area (Å²) in [6.45, 7) is -0.142. The average Bonchev–Trinajstić information content (AvgIpc) is 2.84. The van der Waals surface area contributed by atoms with Crippen molar-refractivity contribution in [3.63, 3.8) is 0 Å². The second kappa shape index (κ2) is 6.45. The van der Waals surface area contributed by atoms with Crippen LogP contribution in [-0.2, 0) is 17.8 Å². The van der Waals surface area contributed by atoms with E-state index in [9.17, 15) is 22.8 Å². The van der Waals surface area contributed by atoms with Gasteiger partial charge in [0.25, 0.3) is 0 Å². The van der Waals surface area contributed by atoms with Crippen LogP contribution in [0.2, 0.25) is 10.0 Å². The molecule has 134 valence electrons. The number of hydrogen-bond acceptors (Lipinski definition) is 4. The molecule has 2 unspecified atom stereocenters. The van der Waals surface area contributed by atoms with E-state index < -0.39 is 23.8 Å². The van der Waals surface area contributed by atoms with Gasteiger partial charge in [-0.3, -0.25) is 9.55 Å². The number of nitrogens with zero attached hydrogens (tertiary/aromatic N) is 4. The van der Waals surface area contributed by atoms with Crippen molar-refractivity contribution in [3.05, 3.63) is 44.3 Å². The molecule has 0 fully saturated rings. The van der Waals surface area contributed by atoms with Gasteiger partial charge < -0.3 is 4.79 Å². The second-order valence-electron chi connectivity index (χ2n) is 5.62. The minimum atomic E-state index is -4.58. The number of rotatable bonds is 3. The van der Waals surface area contributed by atoms with Crippen molar-refractivity contribution >= 4 is 29.5 Å². The topological polar surface area (TPSA) is 69.8 Å². The largest absolute Gasteiger partial charge is 0.394 e. The van der Waals surface area contributed by atoms with Crippen molar-refractivity contribution < 1.29 is 18.0 Å². The zero-order chi connectivity index (χ0) is 18.4. The molecule has 0 spiro atoms. The van der Waals surface area contributed by atoms with Gasteiger partial charge in [0.05, 0.1) is 28.2 Å². The highest BCUT2D eigenvalue weighted by atomic mass is 35.5. The van der Waals surface area contributed by atoms with Gasteiger partial charge in [-0.15, -0.1) is 0 Å². The lowest BCUT2D eigenvalue weighted by molar-refractivity contribution is -0.190. The van der Waals surface area contributed by atoms with E-state index in [-0.39, 0.29) is 36.5 Å². The van der Waals surface area contributed by atoms with Crippen LogP contribution in [0.15, 0.2) is 17.1 Å². The van der Waals surface area contributed by atoms with Gasteiger partial charge in [-0.05, 0) is 12.5 Å². The Morgan fingerprint density at radius 3 is 2.68 bits per heavy atom. The lowest BCUT2D eigenvalue weighted by Crippen LogP contribution is -2.42. The SMILES string of the molecule is O=CC1C(C(F)(F)F)CCc2nn(Cc3ncc(Cl)cc3Cl)c(=O)n21. The molecule has 0 aliphatic carbocycles. The fraction of sp³-hybridized carbons (Fsp3) is 0.429. The van der Waals surface area contributed by atoms with E-state index >= 15 is 0 Å². The molecule has 0 aromatic carbocycles. The number of halogens is 5. The van der Waals surface area contributed by atoms with Crippen molar-refractivity contribution in [2.45, 2.75) is 31.6 Å². The van der Waals surface area contributed by atoms with Crippen LogP contribution in [0.5, 0.6) is 0 Å². The maximum atomic E-state index is 13.1. The molecule has 0 saturated heterocycles. The highest BCUT2D eigenvalue weighted by Crippen LogP contribution is 2.39. The standard InChI is InChI=1S/C14H11Cl2F3N4O2/c15-7-3-9(16)10(20-4-7)5-22-13(25)23-11(6-24)8(14(17,18)19)1-2-12(23)21-22/h3-4,6,8,11H,1-2,5H2. The van der Waals surface area contributed by atoms with Crippen LogP contribution in [0.4, 0.5) is 13.2 Å². The van der Waals surface area contributed by atoms with Crippen molar-refractivity contribution in [3.8, 4) is 0 Å². The number of aromatic nitrogens is 4. The molecule has 1 aliphatic heterocycles. The molecule has 3 heterocycles. The highest BCUT2D eigenvalue weighted by Gasteiger charge is 2.48. The molecular weight excluding hydrogens is 384 g/mol. The van der Waals surface area contributed by atoms with Gasteiger partial charge in [0.1, 0.15) is 18.2 Å². The fourth-order valence-corrected chi connectivity index (χ4v) is 3.33. The van der Waals surface area contributed by atoms with Gasteiger partial charge in [-0.2, -0.15) is 18.3 Å². The van der Waals surface area contributed by atoms with Gasteiger partial charge in [0.2, 0.25) is 0 Å².